The van der Waals surface area contributed by atoms with Crippen LogP contribution >= 0.6 is 11.6 Å². The van der Waals surface area contributed by atoms with Crippen LogP contribution in [0.4, 0.5) is 0 Å². The van der Waals surface area contributed by atoms with E-state index in [0.29, 0.717) is 23.6 Å². The van der Waals surface area contributed by atoms with Crippen LogP contribution in [0.25, 0.3) is 32.7 Å². The first-order valence-electron chi connectivity index (χ1n) is 9.01. The summed E-state index contributed by atoms with van der Waals surface area (Å²) in [6, 6.07) is 13.6. The third kappa shape index (κ3) is 2.92. The molecule has 0 aliphatic heterocycles. The topological polar surface area (TPSA) is 50.4 Å². The van der Waals surface area contributed by atoms with E-state index in [2.05, 4.69) is 4.90 Å². The molecule has 0 saturated carbocycles. The molecule has 0 fully saturated rings. The zero-order chi connectivity index (χ0) is 19.1. The number of hydrogen-bond acceptors (Lipinski definition) is 3. The molecule has 2 aromatic heterocycles. The fraction of sp³-hybridized carbons (Fsp3) is 0.286. The lowest BCUT2D eigenvalue weighted by molar-refractivity contribution is 0.279. The molecule has 0 spiro atoms. The predicted octanol–water partition coefficient (Wildman–Crippen LogP) is 3.32. The van der Waals surface area contributed by atoms with Crippen LogP contribution in [-0.4, -0.2) is 46.4 Å². The Morgan fingerprint density at radius 3 is 2.48 bits per heavy atom. The molecule has 0 amide bonds. The molecule has 140 valence electrons. The molecule has 0 saturated heterocycles. The average molecular weight is 384 g/mol. The van der Waals surface area contributed by atoms with Crippen LogP contribution in [0.1, 0.15) is 0 Å². The van der Waals surface area contributed by atoms with Crippen molar-refractivity contribution in [2.24, 2.45) is 0 Å². The summed E-state index contributed by atoms with van der Waals surface area (Å²) in [6.45, 7) is 1.69. The Morgan fingerprint density at radius 2 is 1.74 bits per heavy atom. The Morgan fingerprint density at radius 1 is 1.00 bits per heavy atom. The standard InChI is InChI=1S/C21H22ClN3O2/c1-23(2)9-10-25-17-6-4-3-5-15(17)19-16-13-14(22)7-8-18(16)24(11-12-26)20(19)21(25)27/h3-8,13,26H,9-12H2,1-2H3. The number of aliphatic hydroxyl groups is 1. The Kier molecular flexibility index (Phi) is 4.68. The first-order chi connectivity index (χ1) is 13.0. The average Bonchev–Trinajstić information content (AvgIpc) is 2.96. The second-order valence-corrected chi connectivity index (χ2v) is 7.47. The van der Waals surface area contributed by atoms with E-state index in [1.165, 1.54) is 0 Å². The third-order valence-electron chi connectivity index (χ3n) is 5.03. The van der Waals surface area contributed by atoms with Gasteiger partial charge in [-0.25, -0.2) is 0 Å². The molecular weight excluding hydrogens is 362 g/mol. The number of likely N-dealkylation sites (N-methyl/N-ethyl adjacent to an activating group) is 1. The second kappa shape index (κ2) is 7.00. The van der Waals surface area contributed by atoms with Crippen molar-refractivity contribution in [3.8, 4) is 0 Å². The van der Waals surface area contributed by atoms with E-state index in [1.54, 1.807) is 0 Å². The molecule has 2 aromatic carbocycles. The summed E-state index contributed by atoms with van der Waals surface area (Å²) in [4.78, 5) is 15.6. The molecule has 2 heterocycles. The Hall–Kier alpha value is -2.34. The first-order valence-corrected chi connectivity index (χ1v) is 9.39. The van der Waals surface area contributed by atoms with Crippen LogP contribution in [-0.2, 0) is 13.1 Å². The summed E-state index contributed by atoms with van der Waals surface area (Å²) in [7, 11) is 3.99. The maximum absolute atomic E-state index is 13.5. The summed E-state index contributed by atoms with van der Waals surface area (Å²) in [6.07, 6.45) is 0. The van der Waals surface area contributed by atoms with Gasteiger partial charge in [0.1, 0.15) is 5.52 Å². The Bertz CT molecular complexity index is 1210. The molecule has 0 radical (unpaired) electrons. The van der Waals surface area contributed by atoms with Gasteiger partial charge in [-0.3, -0.25) is 4.79 Å². The van der Waals surface area contributed by atoms with E-state index in [-0.39, 0.29) is 12.2 Å². The van der Waals surface area contributed by atoms with Crippen LogP contribution in [0.15, 0.2) is 47.3 Å². The zero-order valence-corrected chi connectivity index (χ0v) is 16.2. The number of nitrogens with zero attached hydrogens (tertiary/aromatic N) is 3. The summed E-state index contributed by atoms with van der Waals surface area (Å²) < 4.78 is 3.76. The van der Waals surface area contributed by atoms with E-state index in [0.717, 1.165) is 33.7 Å². The fourth-order valence-electron chi connectivity index (χ4n) is 3.83. The minimum Gasteiger partial charge on any atom is -0.395 e. The fourth-order valence-corrected chi connectivity index (χ4v) is 4.01. The minimum absolute atomic E-state index is 0.0358. The normalized spacial score (nSPS) is 12.0. The lowest BCUT2D eigenvalue weighted by Crippen LogP contribution is -2.28. The molecule has 4 aromatic rings. The first kappa shape index (κ1) is 18.0. The Balaban J connectivity index is 2.21. The highest BCUT2D eigenvalue weighted by Crippen LogP contribution is 2.34. The van der Waals surface area contributed by atoms with Gasteiger partial charge in [-0.05, 0) is 38.4 Å². The maximum Gasteiger partial charge on any atom is 0.275 e. The van der Waals surface area contributed by atoms with Crippen molar-refractivity contribution in [2.75, 3.05) is 27.2 Å². The van der Waals surface area contributed by atoms with Crippen molar-refractivity contribution in [1.29, 1.82) is 0 Å². The van der Waals surface area contributed by atoms with Crippen LogP contribution in [0.3, 0.4) is 0 Å². The number of benzene rings is 2. The summed E-state index contributed by atoms with van der Waals surface area (Å²) in [5.74, 6) is 0. The molecule has 0 atom stereocenters. The lowest BCUT2D eigenvalue weighted by Gasteiger charge is -2.15. The zero-order valence-electron chi connectivity index (χ0n) is 15.4. The van der Waals surface area contributed by atoms with E-state index in [4.69, 9.17) is 11.6 Å². The predicted molar refractivity (Wildman–Crippen MR) is 112 cm³/mol. The van der Waals surface area contributed by atoms with E-state index in [9.17, 15) is 9.90 Å². The van der Waals surface area contributed by atoms with Gasteiger partial charge in [-0.1, -0.05) is 29.8 Å². The van der Waals surface area contributed by atoms with Gasteiger partial charge in [-0.15, -0.1) is 0 Å². The molecule has 1 N–H and O–H groups in total. The number of aliphatic hydroxyl groups excluding tert-OH is 1. The summed E-state index contributed by atoms with van der Waals surface area (Å²) in [5.41, 5.74) is 2.42. The van der Waals surface area contributed by atoms with Gasteiger partial charge in [0.05, 0.1) is 12.1 Å². The van der Waals surface area contributed by atoms with E-state index in [1.807, 2.05) is 65.7 Å². The largest absolute Gasteiger partial charge is 0.395 e. The quantitative estimate of drug-likeness (QED) is 0.575. The molecule has 27 heavy (non-hydrogen) atoms. The molecule has 5 nitrogen and oxygen atoms in total. The van der Waals surface area contributed by atoms with Crippen molar-refractivity contribution in [1.82, 2.24) is 14.0 Å². The van der Waals surface area contributed by atoms with Crippen LogP contribution in [0.5, 0.6) is 0 Å². The van der Waals surface area contributed by atoms with Gasteiger partial charge in [0.15, 0.2) is 0 Å². The van der Waals surface area contributed by atoms with Gasteiger partial charge in [0.25, 0.3) is 5.56 Å². The highest BCUT2D eigenvalue weighted by atomic mass is 35.5. The number of fused-ring (bicyclic) bond motifs is 5. The SMILES string of the molecule is CN(C)CCn1c(=O)c2c(c3ccccc31)c1cc(Cl)ccc1n2CCO. The molecule has 4 rings (SSSR count). The monoisotopic (exact) mass is 383 g/mol. The maximum atomic E-state index is 13.5. The van der Waals surface area contributed by atoms with Gasteiger partial charge < -0.3 is 19.1 Å². The van der Waals surface area contributed by atoms with Crippen LogP contribution < -0.4 is 5.56 Å². The molecule has 0 aliphatic carbocycles. The van der Waals surface area contributed by atoms with Gasteiger partial charge in [0, 0.05) is 46.3 Å². The summed E-state index contributed by atoms with van der Waals surface area (Å²) >= 11 is 6.26. The smallest absolute Gasteiger partial charge is 0.275 e. The van der Waals surface area contributed by atoms with E-state index < -0.39 is 0 Å². The van der Waals surface area contributed by atoms with Crippen LogP contribution in [0.2, 0.25) is 5.02 Å². The van der Waals surface area contributed by atoms with Gasteiger partial charge >= 0.3 is 0 Å². The highest BCUT2D eigenvalue weighted by molar-refractivity contribution is 6.32. The molecule has 0 unspecified atom stereocenters. The van der Waals surface area contributed by atoms with Gasteiger partial charge in [0.2, 0.25) is 0 Å². The van der Waals surface area contributed by atoms with Crippen molar-refractivity contribution in [3.63, 3.8) is 0 Å². The van der Waals surface area contributed by atoms with Crippen molar-refractivity contribution in [3.05, 3.63) is 57.8 Å². The van der Waals surface area contributed by atoms with Crippen molar-refractivity contribution in [2.45, 2.75) is 13.1 Å². The van der Waals surface area contributed by atoms with Crippen molar-refractivity contribution < 1.29 is 5.11 Å². The Labute approximate surface area is 162 Å². The molecule has 0 aliphatic rings. The van der Waals surface area contributed by atoms with Crippen LogP contribution in [0, 0.1) is 0 Å². The molecule has 0 bridgehead atoms. The number of rotatable bonds is 5. The summed E-state index contributed by atoms with van der Waals surface area (Å²) in [5, 5.41) is 13.1. The lowest BCUT2D eigenvalue weighted by atomic mass is 10.1. The number of para-hydroxylation sites is 1. The van der Waals surface area contributed by atoms with E-state index >= 15 is 0 Å². The highest BCUT2D eigenvalue weighted by Gasteiger charge is 2.19. The third-order valence-corrected chi connectivity index (χ3v) is 5.27. The number of aromatic nitrogens is 2. The van der Waals surface area contributed by atoms with Gasteiger partial charge in [-0.2, -0.15) is 0 Å². The molecular formula is C21H22ClN3O2. The molecule has 6 heteroatoms. The number of halogens is 1. The minimum atomic E-state index is -0.0362. The number of hydrogen-bond donors (Lipinski definition) is 1. The number of pyridine rings is 1. The van der Waals surface area contributed by atoms with Crippen molar-refractivity contribution >= 4 is 44.3 Å². The second-order valence-electron chi connectivity index (χ2n) is 7.04.